The number of nitro benzene ring substituents is 1. The lowest BCUT2D eigenvalue weighted by Crippen LogP contribution is -2.27. The van der Waals surface area contributed by atoms with Gasteiger partial charge in [0.15, 0.2) is 5.75 Å². The third kappa shape index (κ3) is 5.44. The van der Waals surface area contributed by atoms with Crippen molar-refractivity contribution in [3.8, 4) is 5.75 Å². The number of esters is 1. The largest absolute Gasteiger partial charge is 0.425 e. The molecule has 25 heavy (non-hydrogen) atoms. The lowest BCUT2D eigenvalue weighted by molar-refractivity contribution is -0.384. The fourth-order valence-electron chi connectivity index (χ4n) is 1.84. The maximum atomic E-state index is 11.9. The van der Waals surface area contributed by atoms with Crippen molar-refractivity contribution in [3.05, 3.63) is 68.2 Å². The minimum absolute atomic E-state index is 0.0346. The molecule has 2 aromatic carbocycles. The van der Waals surface area contributed by atoms with E-state index in [-0.39, 0.29) is 35.0 Å². The van der Waals surface area contributed by atoms with Gasteiger partial charge < -0.3 is 10.1 Å². The topological polar surface area (TPSA) is 98.5 Å². The van der Waals surface area contributed by atoms with Crippen LogP contribution in [0, 0.1) is 10.1 Å². The van der Waals surface area contributed by atoms with Crippen molar-refractivity contribution in [2.24, 2.45) is 0 Å². The third-order valence-corrected chi connectivity index (χ3v) is 3.62. The molecule has 0 heterocycles. The van der Waals surface area contributed by atoms with Gasteiger partial charge in [-0.25, -0.2) is 0 Å². The van der Waals surface area contributed by atoms with Crippen LogP contribution in [0.4, 0.5) is 5.69 Å². The summed E-state index contributed by atoms with van der Waals surface area (Å²) in [5.41, 5.74) is 0.135. The number of amides is 1. The average molecular weight is 383 g/mol. The van der Waals surface area contributed by atoms with E-state index in [1.807, 2.05) is 0 Å². The number of carbonyl (C=O) groups excluding carboxylic acids is 2. The molecule has 0 aliphatic rings. The summed E-state index contributed by atoms with van der Waals surface area (Å²) in [6, 6.07) is 9.59. The number of rotatable bonds is 6. The smallest absolute Gasteiger partial charge is 0.313 e. The van der Waals surface area contributed by atoms with E-state index >= 15 is 0 Å². The van der Waals surface area contributed by atoms with Crippen LogP contribution in [-0.2, 0) is 4.79 Å². The molecule has 0 saturated heterocycles. The zero-order valence-corrected chi connectivity index (χ0v) is 14.2. The van der Waals surface area contributed by atoms with Crippen molar-refractivity contribution < 1.29 is 19.2 Å². The summed E-state index contributed by atoms with van der Waals surface area (Å²) < 4.78 is 5.07. The van der Waals surface area contributed by atoms with Gasteiger partial charge in [0.05, 0.1) is 16.4 Å². The van der Waals surface area contributed by atoms with E-state index in [0.29, 0.717) is 5.02 Å². The Morgan fingerprint density at radius 1 is 1.12 bits per heavy atom. The number of hydrogen-bond acceptors (Lipinski definition) is 5. The molecule has 2 aromatic rings. The van der Waals surface area contributed by atoms with Gasteiger partial charge in [-0.15, -0.1) is 0 Å². The fourth-order valence-corrected chi connectivity index (χ4v) is 2.16. The number of non-ortho nitro benzene ring substituents is 1. The van der Waals surface area contributed by atoms with Gasteiger partial charge in [-0.3, -0.25) is 19.7 Å². The van der Waals surface area contributed by atoms with Gasteiger partial charge in [-0.2, -0.15) is 0 Å². The number of carbonyl (C=O) groups is 2. The van der Waals surface area contributed by atoms with Crippen LogP contribution >= 0.6 is 23.2 Å². The van der Waals surface area contributed by atoms with Crippen LogP contribution in [0.2, 0.25) is 10.0 Å². The summed E-state index contributed by atoms with van der Waals surface area (Å²) >= 11 is 11.7. The zero-order chi connectivity index (χ0) is 18.4. The number of nitrogens with one attached hydrogen (secondary N) is 1. The molecule has 0 saturated carbocycles. The Labute approximate surface area is 152 Å². The van der Waals surface area contributed by atoms with E-state index in [1.54, 1.807) is 6.07 Å². The van der Waals surface area contributed by atoms with E-state index in [0.717, 1.165) is 0 Å². The van der Waals surface area contributed by atoms with Crippen LogP contribution in [-0.4, -0.2) is 23.3 Å². The van der Waals surface area contributed by atoms with E-state index in [9.17, 15) is 19.7 Å². The molecule has 0 atom stereocenters. The van der Waals surface area contributed by atoms with E-state index in [1.165, 1.54) is 36.4 Å². The minimum atomic E-state index is -0.590. The predicted molar refractivity (Wildman–Crippen MR) is 92.1 cm³/mol. The highest BCUT2D eigenvalue weighted by atomic mass is 35.5. The molecular weight excluding hydrogens is 371 g/mol. The number of ether oxygens (including phenoxy) is 1. The molecule has 0 aliphatic carbocycles. The Morgan fingerprint density at radius 3 is 2.44 bits per heavy atom. The zero-order valence-electron chi connectivity index (χ0n) is 12.7. The van der Waals surface area contributed by atoms with Gasteiger partial charge in [-0.1, -0.05) is 23.2 Å². The fraction of sp³-hybridized carbons (Fsp3) is 0.125. The quantitative estimate of drug-likeness (QED) is 0.356. The number of nitro groups is 1. The summed E-state index contributed by atoms with van der Waals surface area (Å²) in [5.74, 6) is -0.905. The van der Waals surface area contributed by atoms with Crippen LogP contribution in [0.25, 0.3) is 0 Å². The normalized spacial score (nSPS) is 10.2. The third-order valence-electron chi connectivity index (χ3n) is 3.07. The Bertz CT molecular complexity index is 809. The van der Waals surface area contributed by atoms with Crippen LogP contribution < -0.4 is 10.1 Å². The van der Waals surface area contributed by atoms with Crippen LogP contribution in [0.15, 0.2) is 42.5 Å². The van der Waals surface area contributed by atoms with Gasteiger partial charge in [0.25, 0.3) is 11.6 Å². The van der Waals surface area contributed by atoms with Gasteiger partial charge in [0.2, 0.25) is 0 Å². The summed E-state index contributed by atoms with van der Waals surface area (Å²) in [5, 5.41) is 13.7. The molecule has 0 bridgehead atoms. The summed E-state index contributed by atoms with van der Waals surface area (Å²) in [7, 11) is 0. The maximum Gasteiger partial charge on any atom is 0.313 e. The Kier molecular flexibility index (Phi) is 6.32. The lowest BCUT2D eigenvalue weighted by atomic mass is 10.2. The van der Waals surface area contributed by atoms with Crippen molar-refractivity contribution in [1.29, 1.82) is 0 Å². The van der Waals surface area contributed by atoms with Gasteiger partial charge >= 0.3 is 5.97 Å². The molecule has 130 valence electrons. The average Bonchev–Trinajstić information content (AvgIpc) is 2.58. The Morgan fingerprint density at radius 2 is 1.80 bits per heavy atom. The highest BCUT2D eigenvalue weighted by molar-refractivity contribution is 6.34. The predicted octanol–water partition coefficient (Wildman–Crippen LogP) is 3.63. The first kappa shape index (κ1) is 18.7. The Balaban J connectivity index is 1.83. The number of halogens is 2. The molecule has 0 aromatic heterocycles. The first-order valence-electron chi connectivity index (χ1n) is 7.05. The highest BCUT2D eigenvalue weighted by Gasteiger charge is 2.12. The van der Waals surface area contributed by atoms with E-state index < -0.39 is 16.8 Å². The summed E-state index contributed by atoms with van der Waals surface area (Å²) in [6.45, 7) is 0.0346. The molecule has 1 amide bonds. The molecule has 0 spiro atoms. The number of hydrogen-bond donors (Lipinski definition) is 1. The van der Waals surface area contributed by atoms with Gasteiger partial charge in [-0.05, 0) is 24.3 Å². The molecule has 0 fully saturated rings. The van der Waals surface area contributed by atoms with Gasteiger partial charge in [0, 0.05) is 35.3 Å². The second-order valence-corrected chi connectivity index (χ2v) is 5.70. The molecule has 9 heteroatoms. The van der Waals surface area contributed by atoms with Crippen molar-refractivity contribution in [2.45, 2.75) is 6.42 Å². The van der Waals surface area contributed by atoms with E-state index in [2.05, 4.69) is 5.32 Å². The Hall–Kier alpha value is -2.64. The number of benzene rings is 2. The molecule has 0 radical (unpaired) electrons. The maximum absolute atomic E-state index is 11.9. The standard InChI is InChI=1S/C16H12Cl2N2O5/c17-11-3-6-13(18)14(9-11)25-15(21)7-8-19-16(22)10-1-4-12(5-2-10)20(23)24/h1-6,9H,7-8H2,(H,19,22). The molecular formula is C16H12Cl2N2O5. The summed E-state index contributed by atoms with van der Waals surface area (Å²) in [4.78, 5) is 33.7. The highest BCUT2D eigenvalue weighted by Crippen LogP contribution is 2.27. The molecule has 1 N–H and O–H groups in total. The minimum Gasteiger partial charge on any atom is -0.425 e. The SMILES string of the molecule is O=C(CCNC(=O)c1ccc([N+](=O)[O-])cc1)Oc1cc(Cl)ccc1Cl. The second-order valence-electron chi connectivity index (χ2n) is 4.86. The monoisotopic (exact) mass is 382 g/mol. The number of nitrogens with zero attached hydrogens (tertiary/aromatic N) is 1. The van der Waals surface area contributed by atoms with Crippen molar-refractivity contribution >= 4 is 40.8 Å². The van der Waals surface area contributed by atoms with Crippen LogP contribution in [0.3, 0.4) is 0 Å². The first-order chi connectivity index (χ1) is 11.9. The second kappa shape index (κ2) is 8.46. The molecule has 0 unspecified atom stereocenters. The van der Waals surface area contributed by atoms with Gasteiger partial charge in [0.1, 0.15) is 0 Å². The molecule has 0 aliphatic heterocycles. The first-order valence-corrected chi connectivity index (χ1v) is 7.81. The van der Waals surface area contributed by atoms with Crippen LogP contribution in [0.5, 0.6) is 5.75 Å². The van der Waals surface area contributed by atoms with Crippen LogP contribution in [0.1, 0.15) is 16.8 Å². The van der Waals surface area contributed by atoms with E-state index in [4.69, 9.17) is 27.9 Å². The molecule has 2 rings (SSSR count). The summed E-state index contributed by atoms with van der Waals surface area (Å²) in [6.07, 6.45) is -0.0818. The lowest BCUT2D eigenvalue weighted by Gasteiger charge is -2.07. The molecule has 7 nitrogen and oxygen atoms in total. The van der Waals surface area contributed by atoms with Crippen molar-refractivity contribution in [2.75, 3.05) is 6.54 Å². The van der Waals surface area contributed by atoms with Crippen molar-refractivity contribution in [3.63, 3.8) is 0 Å². The van der Waals surface area contributed by atoms with Crippen molar-refractivity contribution in [1.82, 2.24) is 5.32 Å².